The molecule has 2 aromatic rings. The molecule has 2 N–H and O–H groups in total. The van der Waals surface area contributed by atoms with E-state index in [4.69, 9.17) is 0 Å². The van der Waals surface area contributed by atoms with E-state index < -0.39 is 12.1 Å². The van der Waals surface area contributed by atoms with Gasteiger partial charge in [0.1, 0.15) is 6.04 Å². The normalized spacial score (nSPS) is 24.4. The molecule has 1 saturated carbocycles. The molecule has 4 rings (SSSR count). The molecule has 0 radical (unpaired) electrons. The molecule has 1 heterocycles. The molecule has 2 fully saturated rings. The van der Waals surface area contributed by atoms with Crippen LogP contribution in [0.3, 0.4) is 0 Å². The summed E-state index contributed by atoms with van der Waals surface area (Å²) in [6.45, 7) is -0.163. The average molecular weight is 375 g/mol. The number of aliphatic hydroxyl groups excluding tert-OH is 1. The van der Waals surface area contributed by atoms with Crippen LogP contribution in [0.1, 0.15) is 37.2 Å². The third-order valence-electron chi connectivity index (χ3n) is 6.05. The van der Waals surface area contributed by atoms with Gasteiger partial charge in [0.05, 0.1) is 18.7 Å². The summed E-state index contributed by atoms with van der Waals surface area (Å²) in [6.07, 6.45) is 4.23. The molecule has 0 bridgehead atoms. The van der Waals surface area contributed by atoms with Gasteiger partial charge in [-0.15, -0.1) is 0 Å². The van der Waals surface area contributed by atoms with Crippen LogP contribution in [0.15, 0.2) is 54.6 Å². The van der Waals surface area contributed by atoms with Crippen molar-refractivity contribution in [3.63, 3.8) is 0 Å². The summed E-state index contributed by atoms with van der Waals surface area (Å²) in [4.78, 5) is 14.3. The molecule has 0 unspecified atom stereocenters. The van der Waals surface area contributed by atoms with Crippen LogP contribution in [0.4, 0.5) is 4.79 Å². The van der Waals surface area contributed by atoms with E-state index >= 15 is 0 Å². The van der Waals surface area contributed by atoms with Crippen molar-refractivity contribution in [2.24, 2.45) is 0 Å². The number of carbonyl (C=O) groups excluding carboxylic acids is 1. The fourth-order valence-corrected chi connectivity index (χ4v) is 4.65. The van der Waals surface area contributed by atoms with Crippen LogP contribution in [-0.4, -0.2) is 40.8 Å². The fourth-order valence-electron chi connectivity index (χ4n) is 4.65. The number of rotatable bonds is 4. The number of benzene rings is 2. The average Bonchev–Trinajstić information content (AvgIpc) is 3.22. The minimum absolute atomic E-state index is 0.163. The largest absolute Gasteiger partial charge is 0.394 e. The first-order chi connectivity index (χ1) is 13.7. The Kier molecular flexibility index (Phi) is 5.31. The van der Waals surface area contributed by atoms with E-state index in [2.05, 4.69) is 11.4 Å². The summed E-state index contributed by atoms with van der Waals surface area (Å²) in [5.41, 5.74) is 3.12. The zero-order valence-electron chi connectivity index (χ0n) is 15.8. The van der Waals surface area contributed by atoms with Crippen molar-refractivity contribution < 1.29 is 9.90 Å². The van der Waals surface area contributed by atoms with Gasteiger partial charge in [-0.25, -0.2) is 4.79 Å². The third kappa shape index (κ3) is 3.25. The number of nitrogens with zero attached hydrogens (tertiary/aromatic N) is 2. The zero-order chi connectivity index (χ0) is 19.5. The second-order valence-electron chi connectivity index (χ2n) is 7.64. The standard InChI is InChI=1S/C23H25N3O2/c24-14-20-22(19-13-7-6-12-18(19)16-8-2-1-3-9-16)21(15-27)26(20)23(28)25-17-10-4-5-11-17/h1-3,6-9,12-13,17,20-22,27H,4-5,10-11,15H2,(H,25,28)/t20-,21+,22+/m0/s1. The zero-order valence-corrected chi connectivity index (χ0v) is 15.8. The van der Waals surface area contributed by atoms with Crippen LogP contribution in [0.25, 0.3) is 11.1 Å². The molecule has 2 amide bonds. The van der Waals surface area contributed by atoms with E-state index in [0.29, 0.717) is 0 Å². The molecule has 2 aromatic carbocycles. The SMILES string of the molecule is N#C[C@H]1[C@@H](c2ccccc2-c2ccccc2)[C@@H](CO)N1C(=O)NC1CCCC1. The second kappa shape index (κ2) is 8.04. The molecule has 1 aliphatic heterocycles. The number of nitrogens with one attached hydrogen (secondary N) is 1. The lowest BCUT2D eigenvalue weighted by molar-refractivity contribution is 0.0160. The predicted molar refractivity (Wildman–Crippen MR) is 108 cm³/mol. The molecule has 2 aliphatic rings. The van der Waals surface area contributed by atoms with Gasteiger partial charge >= 0.3 is 6.03 Å². The van der Waals surface area contributed by atoms with Crippen molar-refractivity contribution in [2.75, 3.05) is 6.61 Å². The Bertz CT molecular complexity index is 871. The van der Waals surface area contributed by atoms with Crippen LogP contribution in [0, 0.1) is 11.3 Å². The number of aliphatic hydroxyl groups is 1. The van der Waals surface area contributed by atoms with Gasteiger partial charge in [0.15, 0.2) is 0 Å². The molecule has 1 aliphatic carbocycles. The topological polar surface area (TPSA) is 76.4 Å². The van der Waals surface area contributed by atoms with Crippen LogP contribution in [0.2, 0.25) is 0 Å². The molecule has 0 spiro atoms. The smallest absolute Gasteiger partial charge is 0.319 e. The highest BCUT2D eigenvalue weighted by atomic mass is 16.3. The first-order valence-corrected chi connectivity index (χ1v) is 9.98. The number of likely N-dealkylation sites (tertiary alicyclic amines) is 1. The number of hydrogen-bond acceptors (Lipinski definition) is 3. The number of hydrogen-bond donors (Lipinski definition) is 2. The first kappa shape index (κ1) is 18.5. The molecule has 28 heavy (non-hydrogen) atoms. The molecule has 0 aromatic heterocycles. The Morgan fingerprint density at radius 1 is 1.11 bits per heavy atom. The third-order valence-corrected chi connectivity index (χ3v) is 6.05. The molecular formula is C23H25N3O2. The van der Waals surface area contributed by atoms with Crippen molar-refractivity contribution in [3.05, 3.63) is 60.2 Å². The fraction of sp³-hybridized carbons (Fsp3) is 0.391. The maximum Gasteiger partial charge on any atom is 0.319 e. The Morgan fingerprint density at radius 3 is 2.46 bits per heavy atom. The molecular weight excluding hydrogens is 350 g/mol. The maximum absolute atomic E-state index is 12.8. The van der Waals surface area contributed by atoms with Gasteiger partial charge in [0.2, 0.25) is 0 Å². The molecule has 5 nitrogen and oxygen atoms in total. The number of nitriles is 1. The van der Waals surface area contributed by atoms with Crippen molar-refractivity contribution in [3.8, 4) is 17.2 Å². The van der Waals surface area contributed by atoms with Crippen LogP contribution < -0.4 is 5.32 Å². The van der Waals surface area contributed by atoms with E-state index in [1.54, 1.807) is 0 Å². The highest BCUT2D eigenvalue weighted by Crippen LogP contribution is 2.44. The Morgan fingerprint density at radius 2 is 1.79 bits per heavy atom. The number of urea groups is 1. The lowest BCUT2D eigenvalue weighted by Gasteiger charge is -2.52. The van der Waals surface area contributed by atoms with Gasteiger partial charge in [0, 0.05) is 12.0 Å². The molecule has 5 heteroatoms. The number of amides is 2. The van der Waals surface area contributed by atoms with Gasteiger partial charge < -0.3 is 15.3 Å². The van der Waals surface area contributed by atoms with Gasteiger partial charge in [-0.1, -0.05) is 67.4 Å². The summed E-state index contributed by atoms with van der Waals surface area (Å²) in [6, 6.07) is 19.3. The number of carbonyl (C=O) groups is 1. The van der Waals surface area contributed by atoms with Crippen molar-refractivity contribution in [1.29, 1.82) is 5.26 Å². The quantitative estimate of drug-likeness (QED) is 0.856. The monoisotopic (exact) mass is 375 g/mol. The van der Waals surface area contributed by atoms with Crippen LogP contribution in [0.5, 0.6) is 0 Å². The molecule has 144 valence electrons. The van der Waals surface area contributed by atoms with Crippen molar-refractivity contribution in [1.82, 2.24) is 10.2 Å². The predicted octanol–water partition coefficient (Wildman–Crippen LogP) is 3.66. The lowest BCUT2D eigenvalue weighted by atomic mass is 9.73. The summed E-state index contributed by atoms with van der Waals surface area (Å²) < 4.78 is 0. The lowest BCUT2D eigenvalue weighted by Crippen LogP contribution is -2.67. The van der Waals surface area contributed by atoms with E-state index in [0.717, 1.165) is 42.4 Å². The highest BCUT2D eigenvalue weighted by molar-refractivity contribution is 5.79. The summed E-state index contributed by atoms with van der Waals surface area (Å²) in [5, 5.41) is 22.9. The van der Waals surface area contributed by atoms with Gasteiger partial charge in [-0.05, 0) is 29.5 Å². The van der Waals surface area contributed by atoms with Gasteiger partial charge in [-0.3, -0.25) is 0 Å². The minimum atomic E-state index is -0.580. The van der Waals surface area contributed by atoms with Gasteiger partial charge in [0.25, 0.3) is 0 Å². The van der Waals surface area contributed by atoms with E-state index in [1.165, 1.54) is 4.90 Å². The maximum atomic E-state index is 12.8. The van der Waals surface area contributed by atoms with Crippen LogP contribution in [-0.2, 0) is 0 Å². The summed E-state index contributed by atoms with van der Waals surface area (Å²) >= 11 is 0. The van der Waals surface area contributed by atoms with Crippen molar-refractivity contribution >= 4 is 6.03 Å². The first-order valence-electron chi connectivity index (χ1n) is 9.98. The van der Waals surface area contributed by atoms with Crippen LogP contribution >= 0.6 is 0 Å². The van der Waals surface area contributed by atoms with E-state index in [1.807, 2.05) is 54.6 Å². The van der Waals surface area contributed by atoms with Gasteiger partial charge in [-0.2, -0.15) is 5.26 Å². The van der Waals surface area contributed by atoms with E-state index in [9.17, 15) is 15.2 Å². The second-order valence-corrected chi connectivity index (χ2v) is 7.64. The minimum Gasteiger partial charge on any atom is -0.394 e. The molecule has 3 atom stereocenters. The Balaban J connectivity index is 1.62. The highest BCUT2D eigenvalue weighted by Gasteiger charge is 2.52. The Hall–Kier alpha value is -2.84. The Labute approximate surface area is 165 Å². The summed E-state index contributed by atoms with van der Waals surface area (Å²) in [5.74, 6) is -0.208. The summed E-state index contributed by atoms with van der Waals surface area (Å²) in [7, 11) is 0. The van der Waals surface area contributed by atoms with E-state index in [-0.39, 0.29) is 24.6 Å². The van der Waals surface area contributed by atoms with Crippen molar-refractivity contribution in [2.45, 2.75) is 49.7 Å². The molecule has 1 saturated heterocycles.